The number of carbonyl (C=O) groups is 4. The van der Waals surface area contributed by atoms with E-state index in [-0.39, 0.29) is 11.0 Å². The summed E-state index contributed by atoms with van der Waals surface area (Å²) in [5, 5.41) is 35.2. The highest BCUT2D eigenvalue weighted by atomic mass is 16.4. The van der Waals surface area contributed by atoms with E-state index in [2.05, 4.69) is 10.5 Å². The van der Waals surface area contributed by atoms with Crippen LogP contribution in [0.3, 0.4) is 0 Å². The maximum absolute atomic E-state index is 9.55. The van der Waals surface area contributed by atoms with Gasteiger partial charge in [0.25, 0.3) is 0 Å². The molecule has 0 aliphatic carbocycles. The Balaban J connectivity index is -0.000000347. The van der Waals surface area contributed by atoms with Crippen LogP contribution in [0.25, 0.3) is 6.08 Å². The van der Waals surface area contributed by atoms with Crippen molar-refractivity contribution in [3.63, 3.8) is 0 Å². The molecule has 0 radical (unpaired) electrons. The Morgan fingerprint density at radius 1 is 0.759 bits per heavy atom. The SMILES string of the molecule is C1=Cc2ccccc2NN=C1.O.O.O=C(O)/C=C/C(=O)O.O=C(O)/C=C/C(=O)O. The summed E-state index contributed by atoms with van der Waals surface area (Å²) in [5.41, 5.74) is 5.16. The zero-order valence-electron chi connectivity index (χ0n) is 14.7. The van der Waals surface area contributed by atoms with Crippen molar-refractivity contribution in [2.24, 2.45) is 5.10 Å². The lowest BCUT2D eigenvalue weighted by atomic mass is 10.2. The zero-order valence-corrected chi connectivity index (χ0v) is 14.7. The predicted molar refractivity (Wildman–Crippen MR) is 104 cm³/mol. The molecule has 0 bridgehead atoms. The highest BCUT2D eigenvalue weighted by Crippen LogP contribution is 2.17. The van der Waals surface area contributed by atoms with Crippen LogP contribution in [-0.4, -0.2) is 61.5 Å². The standard InChI is InChI=1S/C9H8N2.2C4H4O4.2H2O/c1-2-6-9-8(4-1)5-3-7-10-11-9;2*5-3(6)1-2-4(7)8;;/h1-7,11H;2*1-2H,(H,5,6)(H,7,8);2*1H2/b;2*2-1+;;. The van der Waals surface area contributed by atoms with Gasteiger partial charge in [0.1, 0.15) is 0 Å². The Morgan fingerprint density at radius 2 is 1.17 bits per heavy atom. The molecular formula is C17H20N2O10. The largest absolute Gasteiger partial charge is 0.478 e. The van der Waals surface area contributed by atoms with Crippen LogP contribution < -0.4 is 5.43 Å². The summed E-state index contributed by atoms with van der Waals surface area (Å²) in [5.74, 6) is -5.03. The van der Waals surface area contributed by atoms with Gasteiger partial charge in [0.05, 0.1) is 5.69 Å². The van der Waals surface area contributed by atoms with E-state index < -0.39 is 23.9 Å². The van der Waals surface area contributed by atoms with Gasteiger partial charge in [-0.3, -0.25) is 5.43 Å². The minimum Gasteiger partial charge on any atom is -0.478 e. The first-order valence-corrected chi connectivity index (χ1v) is 7.05. The molecule has 0 fully saturated rings. The van der Waals surface area contributed by atoms with Crippen LogP contribution in [0.15, 0.2) is 59.7 Å². The van der Waals surface area contributed by atoms with Crippen molar-refractivity contribution in [1.29, 1.82) is 0 Å². The molecule has 9 N–H and O–H groups in total. The monoisotopic (exact) mass is 412 g/mol. The van der Waals surface area contributed by atoms with Crippen molar-refractivity contribution in [1.82, 2.24) is 0 Å². The van der Waals surface area contributed by atoms with Crippen molar-refractivity contribution >= 4 is 41.9 Å². The molecule has 12 heteroatoms. The normalized spacial score (nSPS) is 10.3. The maximum atomic E-state index is 9.55. The first-order valence-electron chi connectivity index (χ1n) is 7.05. The van der Waals surface area contributed by atoms with E-state index in [9.17, 15) is 19.2 Å². The number of carboxylic acid groups (broad SMARTS) is 4. The van der Waals surface area contributed by atoms with Crippen LogP contribution in [0.4, 0.5) is 5.69 Å². The number of carboxylic acids is 4. The van der Waals surface area contributed by atoms with Crippen molar-refractivity contribution in [3.05, 3.63) is 60.2 Å². The molecule has 1 aliphatic heterocycles. The van der Waals surface area contributed by atoms with Crippen LogP contribution in [0, 0.1) is 0 Å². The Morgan fingerprint density at radius 3 is 1.59 bits per heavy atom. The highest BCUT2D eigenvalue weighted by molar-refractivity contribution is 5.90. The van der Waals surface area contributed by atoms with Crippen LogP contribution in [0.1, 0.15) is 5.56 Å². The van der Waals surface area contributed by atoms with Gasteiger partial charge in [0, 0.05) is 30.5 Å². The topological polar surface area (TPSA) is 237 Å². The van der Waals surface area contributed by atoms with Gasteiger partial charge in [0.15, 0.2) is 0 Å². The molecule has 12 nitrogen and oxygen atoms in total. The van der Waals surface area contributed by atoms with E-state index in [0.717, 1.165) is 5.69 Å². The third-order valence-electron chi connectivity index (χ3n) is 2.32. The van der Waals surface area contributed by atoms with E-state index in [1.807, 2.05) is 36.4 Å². The van der Waals surface area contributed by atoms with Crippen LogP contribution in [0.2, 0.25) is 0 Å². The number of hydrogen-bond donors (Lipinski definition) is 5. The summed E-state index contributed by atoms with van der Waals surface area (Å²) < 4.78 is 0. The summed E-state index contributed by atoms with van der Waals surface area (Å²) in [6, 6.07) is 8.05. The number of nitrogens with one attached hydrogen (secondary N) is 1. The average Bonchev–Trinajstić information content (AvgIpc) is 2.85. The van der Waals surface area contributed by atoms with E-state index in [1.165, 1.54) is 5.56 Å². The fraction of sp³-hybridized carbons (Fsp3) is 0. The molecule has 0 atom stereocenters. The Hall–Kier alpha value is -4.29. The third kappa shape index (κ3) is 18.3. The number of hydrazone groups is 1. The molecule has 1 heterocycles. The fourth-order valence-corrected chi connectivity index (χ4v) is 1.33. The molecular weight excluding hydrogens is 392 g/mol. The summed E-state index contributed by atoms with van der Waals surface area (Å²) in [6.07, 6.45) is 7.91. The van der Waals surface area contributed by atoms with Gasteiger partial charge in [-0.05, 0) is 17.7 Å². The number of hydrogen-bond acceptors (Lipinski definition) is 6. The predicted octanol–water partition coefficient (Wildman–Crippen LogP) is -0.115. The molecule has 1 aromatic rings. The number of allylic oxidation sites excluding steroid dienone is 1. The molecule has 1 aliphatic rings. The first-order chi connectivity index (χ1) is 12.7. The maximum Gasteiger partial charge on any atom is 0.328 e. The van der Waals surface area contributed by atoms with Crippen LogP contribution >= 0.6 is 0 Å². The zero-order chi connectivity index (χ0) is 20.7. The Labute approximate surface area is 164 Å². The molecule has 158 valence electrons. The van der Waals surface area contributed by atoms with Gasteiger partial charge in [-0.15, -0.1) is 0 Å². The van der Waals surface area contributed by atoms with Gasteiger partial charge in [0.2, 0.25) is 0 Å². The third-order valence-corrected chi connectivity index (χ3v) is 2.32. The quantitative estimate of drug-likeness (QED) is 0.414. The number of para-hydroxylation sites is 1. The second-order valence-corrected chi connectivity index (χ2v) is 4.36. The molecule has 0 unspecified atom stereocenters. The summed E-state index contributed by atoms with van der Waals surface area (Å²) in [7, 11) is 0. The number of nitrogens with zero attached hydrogens (tertiary/aromatic N) is 1. The summed E-state index contributed by atoms with van der Waals surface area (Å²) in [4.78, 5) is 38.2. The Kier molecular flexibility index (Phi) is 17.4. The van der Waals surface area contributed by atoms with E-state index >= 15 is 0 Å². The van der Waals surface area contributed by atoms with E-state index in [4.69, 9.17) is 20.4 Å². The van der Waals surface area contributed by atoms with E-state index in [0.29, 0.717) is 24.3 Å². The fourth-order valence-electron chi connectivity index (χ4n) is 1.33. The molecule has 29 heavy (non-hydrogen) atoms. The van der Waals surface area contributed by atoms with Gasteiger partial charge < -0.3 is 31.4 Å². The van der Waals surface area contributed by atoms with Crippen molar-refractivity contribution < 1.29 is 50.6 Å². The van der Waals surface area contributed by atoms with Gasteiger partial charge >= 0.3 is 23.9 Å². The smallest absolute Gasteiger partial charge is 0.328 e. The molecule has 0 saturated heterocycles. The average molecular weight is 412 g/mol. The van der Waals surface area contributed by atoms with Crippen molar-refractivity contribution in [3.8, 4) is 0 Å². The van der Waals surface area contributed by atoms with Crippen molar-refractivity contribution in [2.45, 2.75) is 0 Å². The highest BCUT2D eigenvalue weighted by Gasteiger charge is 1.96. The lowest BCUT2D eigenvalue weighted by Crippen LogP contribution is -1.91. The molecule has 2 rings (SSSR count). The minimum absolute atomic E-state index is 0. The summed E-state index contributed by atoms with van der Waals surface area (Å²) in [6.45, 7) is 0. The molecule has 0 spiro atoms. The minimum atomic E-state index is -1.26. The van der Waals surface area contributed by atoms with Gasteiger partial charge in [-0.25, -0.2) is 19.2 Å². The summed E-state index contributed by atoms with van der Waals surface area (Å²) >= 11 is 0. The second-order valence-electron chi connectivity index (χ2n) is 4.36. The number of rotatable bonds is 4. The number of anilines is 1. The lowest BCUT2D eigenvalue weighted by molar-refractivity contribution is -0.134. The van der Waals surface area contributed by atoms with E-state index in [1.54, 1.807) is 6.21 Å². The lowest BCUT2D eigenvalue weighted by Gasteiger charge is -2.00. The number of benzene rings is 1. The van der Waals surface area contributed by atoms with Gasteiger partial charge in [-0.1, -0.05) is 24.3 Å². The van der Waals surface area contributed by atoms with Crippen molar-refractivity contribution in [2.75, 3.05) is 5.43 Å². The van der Waals surface area contributed by atoms with Gasteiger partial charge in [-0.2, -0.15) is 5.10 Å². The Bertz CT molecular complexity index is 731. The molecule has 1 aromatic carbocycles. The molecule has 0 saturated carbocycles. The molecule has 0 amide bonds. The number of fused-ring (bicyclic) bond motifs is 1. The molecule has 0 aromatic heterocycles. The van der Waals surface area contributed by atoms with Crippen LogP contribution in [-0.2, 0) is 19.2 Å². The van der Waals surface area contributed by atoms with Crippen LogP contribution in [0.5, 0.6) is 0 Å². The second kappa shape index (κ2) is 17.1. The number of aliphatic carboxylic acids is 4. The first kappa shape index (κ1) is 29.5.